The molecule has 0 aromatic heterocycles. The van der Waals surface area contributed by atoms with Gasteiger partial charge in [-0.15, -0.1) is 0 Å². The smallest absolute Gasteiger partial charge is 0.275 e. The van der Waals surface area contributed by atoms with E-state index in [2.05, 4.69) is 16.3 Å². The van der Waals surface area contributed by atoms with E-state index in [1.807, 2.05) is 0 Å². The van der Waals surface area contributed by atoms with Crippen molar-refractivity contribution in [1.29, 1.82) is 0 Å². The highest BCUT2D eigenvalue weighted by Crippen LogP contribution is 2.20. The Morgan fingerprint density at radius 1 is 1.19 bits per heavy atom. The van der Waals surface area contributed by atoms with Crippen LogP contribution in [-0.2, 0) is 4.79 Å². The minimum Gasteiger partial charge on any atom is -0.360 e. The normalized spacial score (nSPS) is 18.1. The van der Waals surface area contributed by atoms with Gasteiger partial charge in [0, 0.05) is 24.4 Å². The Kier molecular flexibility index (Phi) is 6.81. The van der Waals surface area contributed by atoms with Crippen molar-refractivity contribution in [2.24, 2.45) is 0 Å². The van der Waals surface area contributed by atoms with Crippen LogP contribution >= 0.6 is 0 Å². The van der Waals surface area contributed by atoms with E-state index in [4.69, 9.17) is 0 Å². The third-order valence-corrected chi connectivity index (χ3v) is 5.46. The number of hydrogen-bond donors (Lipinski definition) is 2. The fourth-order valence-corrected chi connectivity index (χ4v) is 3.83. The lowest BCUT2D eigenvalue weighted by atomic mass is 9.97. The van der Waals surface area contributed by atoms with Crippen LogP contribution in [0.3, 0.4) is 0 Å². The zero-order valence-electron chi connectivity index (χ0n) is 15.8. The Bertz CT molecular complexity index is 679. The van der Waals surface area contributed by atoms with Crippen LogP contribution in [-0.4, -0.2) is 50.1 Å². The molecule has 146 valence electrons. The Morgan fingerprint density at radius 3 is 2.56 bits per heavy atom. The molecule has 1 fully saturated rings. The molecule has 1 amide bonds. The van der Waals surface area contributed by atoms with Crippen LogP contribution in [0.15, 0.2) is 35.9 Å². The number of amides is 1. The number of carbonyl (C=O) groups is 1. The zero-order valence-corrected chi connectivity index (χ0v) is 15.8. The van der Waals surface area contributed by atoms with E-state index in [1.54, 1.807) is 24.3 Å². The van der Waals surface area contributed by atoms with Gasteiger partial charge in [0.15, 0.2) is 6.54 Å². The minimum absolute atomic E-state index is 0.115. The Morgan fingerprint density at radius 2 is 1.93 bits per heavy atom. The van der Waals surface area contributed by atoms with Gasteiger partial charge in [-0.1, -0.05) is 11.6 Å². The summed E-state index contributed by atoms with van der Waals surface area (Å²) in [6.07, 6.45) is 8.26. The molecule has 0 atom stereocenters. The minimum atomic E-state index is -0.380. The van der Waals surface area contributed by atoms with E-state index < -0.39 is 0 Å². The Labute approximate surface area is 160 Å². The molecule has 1 aliphatic carbocycles. The van der Waals surface area contributed by atoms with Gasteiger partial charge in [-0.2, -0.15) is 0 Å². The summed E-state index contributed by atoms with van der Waals surface area (Å²) in [5.74, 6) is 0.130. The molecule has 2 aliphatic rings. The molecule has 0 radical (unpaired) electrons. The van der Waals surface area contributed by atoms with Crippen LogP contribution < -0.4 is 15.1 Å². The van der Waals surface area contributed by atoms with Gasteiger partial charge in [0.1, 0.15) is 0 Å². The number of piperazine rings is 1. The number of benzene rings is 1. The third-order valence-electron chi connectivity index (χ3n) is 5.46. The van der Waals surface area contributed by atoms with Crippen LogP contribution in [0.5, 0.6) is 0 Å². The first-order valence-electron chi connectivity index (χ1n) is 9.89. The monoisotopic (exact) mass is 373 g/mol. The molecule has 1 aromatic rings. The van der Waals surface area contributed by atoms with Crippen molar-refractivity contribution in [3.63, 3.8) is 0 Å². The van der Waals surface area contributed by atoms with Gasteiger partial charge in [-0.25, -0.2) is 0 Å². The second-order valence-electron chi connectivity index (χ2n) is 7.40. The number of nitrogens with one attached hydrogen (secondary N) is 2. The predicted molar refractivity (Wildman–Crippen MR) is 105 cm³/mol. The summed E-state index contributed by atoms with van der Waals surface area (Å²) in [5, 5.41) is 13.8. The van der Waals surface area contributed by atoms with E-state index in [1.165, 1.54) is 36.2 Å². The van der Waals surface area contributed by atoms with Gasteiger partial charge in [0.25, 0.3) is 11.6 Å². The number of rotatable bonds is 7. The maximum atomic E-state index is 12.2. The Balaban J connectivity index is 1.36. The lowest BCUT2D eigenvalue weighted by molar-refractivity contribution is -0.892. The summed E-state index contributed by atoms with van der Waals surface area (Å²) in [4.78, 5) is 26.1. The van der Waals surface area contributed by atoms with E-state index >= 15 is 0 Å². The highest BCUT2D eigenvalue weighted by Gasteiger charge is 2.22. The summed E-state index contributed by atoms with van der Waals surface area (Å²) >= 11 is 0. The van der Waals surface area contributed by atoms with Gasteiger partial charge < -0.3 is 15.1 Å². The largest absolute Gasteiger partial charge is 0.360 e. The molecular weight excluding hydrogens is 344 g/mol. The van der Waals surface area contributed by atoms with E-state index in [0.29, 0.717) is 6.54 Å². The van der Waals surface area contributed by atoms with Gasteiger partial charge in [0.2, 0.25) is 0 Å². The molecule has 0 unspecified atom stereocenters. The zero-order chi connectivity index (χ0) is 19.1. The highest BCUT2D eigenvalue weighted by atomic mass is 16.6. The van der Waals surface area contributed by atoms with Gasteiger partial charge in [-0.05, 0) is 44.2 Å². The van der Waals surface area contributed by atoms with Crippen molar-refractivity contribution in [2.75, 3.05) is 44.2 Å². The van der Waals surface area contributed by atoms with Crippen molar-refractivity contribution < 1.29 is 14.6 Å². The van der Waals surface area contributed by atoms with Crippen LogP contribution in [0.4, 0.5) is 11.4 Å². The average Bonchev–Trinajstić information content (AvgIpc) is 2.69. The number of carbonyl (C=O) groups excluding carboxylic acids is 1. The van der Waals surface area contributed by atoms with Crippen molar-refractivity contribution in [3.05, 3.63) is 46.0 Å². The number of non-ortho nitro benzene ring substituents is 1. The molecule has 2 N–H and O–H groups in total. The number of hydrogen-bond acceptors (Lipinski definition) is 4. The fraction of sp³-hybridized carbons (Fsp3) is 0.550. The number of nitro benzene ring substituents is 1. The molecule has 1 saturated heterocycles. The first-order chi connectivity index (χ1) is 13.1. The molecule has 0 saturated carbocycles. The van der Waals surface area contributed by atoms with Crippen LogP contribution in [0.2, 0.25) is 0 Å². The van der Waals surface area contributed by atoms with Gasteiger partial charge in [-0.3, -0.25) is 14.9 Å². The molecule has 3 rings (SSSR count). The maximum Gasteiger partial charge on any atom is 0.275 e. The molecule has 7 nitrogen and oxygen atoms in total. The fourth-order valence-electron chi connectivity index (χ4n) is 3.83. The quantitative estimate of drug-likeness (QED) is 0.429. The molecule has 27 heavy (non-hydrogen) atoms. The first kappa shape index (κ1) is 19.4. The molecule has 0 bridgehead atoms. The molecule has 0 spiro atoms. The number of nitro groups is 1. The SMILES string of the molecule is O=C(C[NH+]1CCN(c2ccc([N+](=O)[O-])cc2)CC1)NCCC1=CCCCC1. The van der Waals surface area contributed by atoms with Crippen molar-refractivity contribution in [3.8, 4) is 0 Å². The number of anilines is 1. The van der Waals surface area contributed by atoms with E-state index in [0.717, 1.165) is 44.8 Å². The van der Waals surface area contributed by atoms with E-state index in [-0.39, 0.29) is 16.5 Å². The summed E-state index contributed by atoms with van der Waals surface area (Å²) in [6, 6.07) is 6.69. The predicted octanol–water partition coefficient (Wildman–Crippen LogP) is 1.31. The lowest BCUT2D eigenvalue weighted by Crippen LogP contribution is -3.15. The summed E-state index contributed by atoms with van der Waals surface area (Å²) in [6.45, 7) is 4.77. The van der Waals surface area contributed by atoms with E-state index in [9.17, 15) is 14.9 Å². The van der Waals surface area contributed by atoms with Crippen LogP contribution in [0, 0.1) is 10.1 Å². The number of quaternary nitrogens is 1. The highest BCUT2D eigenvalue weighted by molar-refractivity contribution is 5.76. The van der Waals surface area contributed by atoms with Crippen molar-refractivity contribution >= 4 is 17.3 Å². The van der Waals surface area contributed by atoms with Crippen LogP contribution in [0.1, 0.15) is 32.1 Å². The maximum absolute atomic E-state index is 12.2. The lowest BCUT2D eigenvalue weighted by Gasteiger charge is -2.33. The van der Waals surface area contributed by atoms with Crippen LogP contribution in [0.25, 0.3) is 0 Å². The number of allylic oxidation sites excluding steroid dienone is 1. The van der Waals surface area contributed by atoms with Crippen molar-refractivity contribution in [2.45, 2.75) is 32.1 Å². The molecule has 1 heterocycles. The van der Waals surface area contributed by atoms with Crippen molar-refractivity contribution in [1.82, 2.24) is 5.32 Å². The number of nitrogens with zero attached hydrogens (tertiary/aromatic N) is 2. The van der Waals surface area contributed by atoms with Gasteiger partial charge >= 0.3 is 0 Å². The average molecular weight is 373 g/mol. The molecule has 1 aliphatic heterocycles. The second-order valence-corrected chi connectivity index (χ2v) is 7.40. The topological polar surface area (TPSA) is 79.9 Å². The van der Waals surface area contributed by atoms with Gasteiger partial charge in [0.05, 0.1) is 31.1 Å². The standard InChI is InChI=1S/C20H28N4O3/c25-20(21-11-10-17-4-2-1-3-5-17)16-22-12-14-23(15-13-22)18-6-8-19(9-7-18)24(26)27/h4,6-9H,1-3,5,10-16H2,(H,21,25)/p+1. The second kappa shape index (κ2) is 9.50. The molecule has 7 heteroatoms. The summed E-state index contributed by atoms with van der Waals surface area (Å²) < 4.78 is 0. The molecule has 1 aromatic carbocycles. The summed E-state index contributed by atoms with van der Waals surface area (Å²) in [5.41, 5.74) is 2.61. The Hall–Kier alpha value is -2.41. The molecular formula is C20H29N4O3+. The third kappa shape index (κ3) is 5.79. The first-order valence-corrected chi connectivity index (χ1v) is 9.89. The summed E-state index contributed by atoms with van der Waals surface area (Å²) in [7, 11) is 0.